The Morgan fingerprint density at radius 3 is 2.42 bits per heavy atom. The molecule has 2 aromatic carbocycles. The van der Waals surface area contributed by atoms with Gasteiger partial charge in [0.1, 0.15) is 5.75 Å². The van der Waals surface area contributed by atoms with Crippen LogP contribution in [0.3, 0.4) is 0 Å². The first-order chi connectivity index (χ1) is 12.6. The number of carbonyl (C=O) groups is 1. The first kappa shape index (κ1) is 18.0. The van der Waals surface area contributed by atoms with Crippen LogP contribution in [0, 0.1) is 18.3 Å². The molecule has 2 aromatic rings. The normalized spacial score (nSPS) is 14.7. The number of nitrogens with zero attached hydrogens (tertiary/aromatic N) is 3. The maximum absolute atomic E-state index is 12.6. The summed E-state index contributed by atoms with van der Waals surface area (Å²) < 4.78 is 5.46. The standard InChI is InChI=1S/C21H23N3O2/c1-16-3-8-20(26-2)19(13-16)15-23-9-11-24(12-10-23)21(25)18-6-4-17(14-22)5-7-18/h3-8,13H,9-12,15H2,1-2H3. The first-order valence-corrected chi connectivity index (χ1v) is 8.76. The number of rotatable bonds is 4. The van der Waals surface area contributed by atoms with Crippen molar-refractivity contribution in [1.82, 2.24) is 9.80 Å². The molecule has 1 heterocycles. The second-order valence-corrected chi connectivity index (χ2v) is 6.57. The summed E-state index contributed by atoms with van der Waals surface area (Å²) in [5.41, 5.74) is 3.60. The number of nitriles is 1. The minimum atomic E-state index is 0.0299. The Hall–Kier alpha value is -2.84. The van der Waals surface area contributed by atoms with Crippen LogP contribution in [0.2, 0.25) is 0 Å². The molecular weight excluding hydrogens is 326 g/mol. The second-order valence-electron chi connectivity index (χ2n) is 6.57. The van der Waals surface area contributed by atoms with Crippen molar-refractivity contribution < 1.29 is 9.53 Å². The van der Waals surface area contributed by atoms with Crippen LogP contribution in [0.4, 0.5) is 0 Å². The number of amides is 1. The van der Waals surface area contributed by atoms with Crippen molar-refractivity contribution >= 4 is 5.91 Å². The molecule has 1 saturated heterocycles. The van der Waals surface area contributed by atoms with E-state index >= 15 is 0 Å². The Labute approximate surface area is 154 Å². The average molecular weight is 349 g/mol. The van der Waals surface area contributed by atoms with Crippen LogP contribution < -0.4 is 4.74 Å². The molecule has 0 aromatic heterocycles. The molecule has 5 nitrogen and oxygen atoms in total. The third kappa shape index (κ3) is 4.04. The summed E-state index contributed by atoms with van der Waals surface area (Å²) in [5, 5.41) is 8.86. The van der Waals surface area contributed by atoms with Crippen LogP contribution in [0.1, 0.15) is 27.0 Å². The molecule has 1 aliphatic heterocycles. The number of aryl methyl sites for hydroxylation is 1. The molecule has 0 aliphatic carbocycles. The van der Waals surface area contributed by atoms with E-state index in [-0.39, 0.29) is 5.91 Å². The highest BCUT2D eigenvalue weighted by Crippen LogP contribution is 2.22. The molecule has 1 aliphatic rings. The monoisotopic (exact) mass is 349 g/mol. The first-order valence-electron chi connectivity index (χ1n) is 8.76. The Morgan fingerprint density at radius 2 is 1.81 bits per heavy atom. The number of benzene rings is 2. The van der Waals surface area contributed by atoms with Gasteiger partial charge >= 0.3 is 0 Å². The van der Waals surface area contributed by atoms with Gasteiger partial charge in [0.25, 0.3) is 5.91 Å². The van der Waals surface area contributed by atoms with Crippen molar-refractivity contribution in [2.75, 3.05) is 33.3 Å². The van der Waals surface area contributed by atoms with Gasteiger partial charge in [-0.25, -0.2) is 0 Å². The third-order valence-electron chi connectivity index (χ3n) is 4.75. The molecule has 3 rings (SSSR count). The van der Waals surface area contributed by atoms with Crippen LogP contribution >= 0.6 is 0 Å². The summed E-state index contributed by atoms with van der Waals surface area (Å²) in [7, 11) is 1.70. The number of hydrogen-bond donors (Lipinski definition) is 0. The molecule has 1 fully saturated rings. The lowest BCUT2D eigenvalue weighted by Gasteiger charge is -2.35. The smallest absolute Gasteiger partial charge is 0.253 e. The zero-order valence-electron chi connectivity index (χ0n) is 15.2. The van der Waals surface area contributed by atoms with Crippen LogP contribution in [-0.4, -0.2) is 49.0 Å². The van der Waals surface area contributed by atoms with Gasteiger partial charge in [-0.3, -0.25) is 9.69 Å². The lowest BCUT2D eigenvalue weighted by molar-refractivity contribution is 0.0627. The SMILES string of the molecule is COc1ccc(C)cc1CN1CCN(C(=O)c2ccc(C#N)cc2)CC1. The fourth-order valence-electron chi connectivity index (χ4n) is 3.25. The van der Waals surface area contributed by atoms with Crippen molar-refractivity contribution in [1.29, 1.82) is 5.26 Å². The lowest BCUT2D eigenvalue weighted by atomic mass is 10.1. The molecule has 5 heteroatoms. The van der Waals surface area contributed by atoms with Gasteiger partial charge in [-0.15, -0.1) is 0 Å². The number of methoxy groups -OCH3 is 1. The predicted octanol–water partition coefficient (Wildman–Crippen LogP) is 2.83. The van der Waals surface area contributed by atoms with E-state index in [1.165, 1.54) is 11.1 Å². The van der Waals surface area contributed by atoms with E-state index in [9.17, 15) is 4.79 Å². The van der Waals surface area contributed by atoms with Crippen LogP contribution in [-0.2, 0) is 6.54 Å². The van der Waals surface area contributed by atoms with Gasteiger partial charge in [0.2, 0.25) is 0 Å². The van der Waals surface area contributed by atoms with Crippen LogP contribution in [0.25, 0.3) is 0 Å². The van der Waals surface area contributed by atoms with E-state index in [2.05, 4.69) is 30.0 Å². The second kappa shape index (κ2) is 8.03. The summed E-state index contributed by atoms with van der Waals surface area (Å²) in [6.45, 7) is 5.97. The predicted molar refractivity (Wildman–Crippen MR) is 100 cm³/mol. The van der Waals surface area contributed by atoms with Gasteiger partial charge in [-0.05, 0) is 37.3 Å². The minimum Gasteiger partial charge on any atom is -0.496 e. The maximum atomic E-state index is 12.6. The Morgan fingerprint density at radius 1 is 1.12 bits per heavy atom. The van der Waals surface area contributed by atoms with Gasteiger partial charge in [0.15, 0.2) is 0 Å². The summed E-state index contributed by atoms with van der Waals surface area (Å²) in [6, 6.07) is 15.1. The molecule has 0 spiro atoms. The van der Waals surface area contributed by atoms with E-state index < -0.39 is 0 Å². The molecule has 26 heavy (non-hydrogen) atoms. The van der Waals surface area contributed by atoms with Crippen molar-refractivity contribution in [3.8, 4) is 11.8 Å². The summed E-state index contributed by atoms with van der Waals surface area (Å²) >= 11 is 0. The quantitative estimate of drug-likeness (QED) is 0.852. The van der Waals surface area contributed by atoms with E-state index in [1.54, 1.807) is 31.4 Å². The molecule has 0 bridgehead atoms. The average Bonchev–Trinajstić information content (AvgIpc) is 2.68. The van der Waals surface area contributed by atoms with Crippen molar-refractivity contribution in [3.63, 3.8) is 0 Å². The van der Waals surface area contributed by atoms with Crippen LogP contribution in [0.5, 0.6) is 5.75 Å². The molecule has 0 atom stereocenters. The van der Waals surface area contributed by atoms with E-state index in [4.69, 9.17) is 10.00 Å². The molecular formula is C21H23N3O2. The highest BCUT2D eigenvalue weighted by molar-refractivity contribution is 5.94. The van der Waals surface area contributed by atoms with Gasteiger partial charge in [0.05, 0.1) is 18.7 Å². The largest absolute Gasteiger partial charge is 0.496 e. The zero-order chi connectivity index (χ0) is 18.5. The summed E-state index contributed by atoms with van der Waals surface area (Å²) in [6.07, 6.45) is 0. The van der Waals surface area contributed by atoms with Crippen molar-refractivity contribution in [2.45, 2.75) is 13.5 Å². The lowest BCUT2D eigenvalue weighted by Crippen LogP contribution is -2.48. The number of hydrogen-bond acceptors (Lipinski definition) is 4. The Bertz CT molecular complexity index is 816. The Balaban J connectivity index is 1.59. The highest BCUT2D eigenvalue weighted by atomic mass is 16.5. The molecule has 0 N–H and O–H groups in total. The fraction of sp³-hybridized carbons (Fsp3) is 0.333. The van der Waals surface area contributed by atoms with E-state index in [0.717, 1.165) is 25.4 Å². The fourth-order valence-corrected chi connectivity index (χ4v) is 3.25. The Kier molecular flexibility index (Phi) is 5.55. The highest BCUT2D eigenvalue weighted by Gasteiger charge is 2.22. The van der Waals surface area contributed by atoms with Crippen LogP contribution in [0.15, 0.2) is 42.5 Å². The summed E-state index contributed by atoms with van der Waals surface area (Å²) in [5.74, 6) is 0.939. The summed E-state index contributed by atoms with van der Waals surface area (Å²) in [4.78, 5) is 16.8. The molecule has 1 amide bonds. The number of ether oxygens (including phenoxy) is 1. The third-order valence-corrected chi connectivity index (χ3v) is 4.75. The van der Waals surface area contributed by atoms with Gasteiger partial charge < -0.3 is 9.64 Å². The molecule has 0 radical (unpaired) electrons. The molecule has 134 valence electrons. The van der Waals surface area contributed by atoms with Crippen molar-refractivity contribution in [2.24, 2.45) is 0 Å². The number of carbonyl (C=O) groups excluding carboxylic acids is 1. The van der Waals surface area contributed by atoms with E-state index in [1.807, 2.05) is 11.0 Å². The maximum Gasteiger partial charge on any atom is 0.253 e. The van der Waals surface area contributed by atoms with Gasteiger partial charge in [0, 0.05) is 43.9 Å². The minimum absolute atomic E-state index is 0.0299. The van der Waals surface area contributed by atoms with Crippen molar-refractivity contribution in [3.05, 3.63) is 64.7 Å². The van der Waals surface area contributed by atoms with Gasteiger partial charge in [-0.2, -0.15) is 5.26 Å². The van der Waals surface area contributed by atoms with E-state index in [0.29, 0.717) is 24.2 Å². The zero-order valence-corrected chi connectivity index (χ0v) is 15.2. The molecule has 0 saturated carbocycles. The molecule has 0 unspecified atom stereocenters. The number of piperazine rings is 1. The van der Waals surface area contributed by atoms with Gasteiger partial charge in [-0.1, -0.05) is 17.7 Å². The topological polar surface area (TPSA) is 56.6 Å².